The van der Waals surface area contributed by atoms with Crippen molar-refractivity contribution in [2.75, 3.05) is 44.2 Å². The van der Waals surface area contributed by atoms with Crippen molar-refractivity contribution in [2.24, 2.45) is 0 Å². The van der Waals surface area contributed by atoms with E-state index in [0.717, 1.165) is 0 Å². The number of anilines is 1. The van der Waals surface area contributed by atoms with Gasteiger partial charge in [-0.15, -0.1) is 0 Å². The smallest absolute Gasteiger partial charge is 0.0965 e. The minimum atomic E-state index is 0. The molecule has 0 aliphatic carbocycles. The summed E-state index contributed by atoms with van der Waals surface area (Å²) in [4.78, 5) is 2.56. The van der Waals surface area contributed by atoms with Crippen LogP contribution in [-0.4, -0.2) is 43.8 Å². The predicted octanol–water partition coefficient (Wildman–Crippen LogP) is -0.570. The Morgan fingerprint density at radius 3 is 2.00 bits per heavy atom. The highest BCUT2D eigenvalue weighted by molar-refractivity contribution is 5.47. The second kappa shape index (κ2) is 5.62. The van der Waals surface area contributed by atoms with Crippen molar-refractivity contribution < 1.29 is 21.5 Å². The van der Waals surface area contributed by atoms with Crippen LogP contribution in [0.4, 0.5) is 5.69 Å². The van der Waals surface area contributed by atoms with Crippen LogP contribution in [0.3, 0.4) is 0 Å². The van der Waals surface area contributed by atoms with Gasteiger partial charge < -0.3 is 26.4 Å². The quantitative estimate of drug-likeness (QED) is 0.628. The molecule has 0 radical (unpaired) electrons. The van der Waals surface area contributed by atoms with Crippen molar-refractivity contribution in [1.82, 2.24) is 0 Å². The average molecular weight is 311 g/mol. The molecule has 1 aromatic carbocycles. The van der Waals surface area contributed by atoms with E-state index in [-0.39, 0.29) is 17.0 Å². The van der Waals surface area contributed by atoms with Gasteiger partial charge in [0.15, 0.2) is 0 Å². The maximum absolute atomic E-state index is 2.56. The number of piperazine rings is 1. The summed E-state index contributed by atoms with van der Waals surface area (Å²) >= 11 is 0. The van der Waals surface area contributed by atoms with Gasteiger partial charge in [0.2, 0.25) is 0 Å². The molecule has 100 valence electrons. The summed E-state index contributed by atoms with van der Waals surface area (Å²) in [5.41, 5.74) is 2.77. The van der Waals surface area contributed by atoms with Crippen LogP contribution in [0.5, 0.6) is 0 Å². The normalized spacial score (nSPS) is 21.9. The van der Waals surface area contributed by atoms with Crippen LogP contribution in [0.25, 0.3) is 0 Å². The zero-order chi connectivity index (χ0) is 11.7. The van der Waals surface area contributed by atoms with Gasteiger partial charge in [-0.25, -0.2) is 0 Å². The van der Waals surface area contributed by atoms with Crippen molar-refractivity contribution in [3.63, 3.8) is 0 Å². The second-order valence-corrected chi connectivity index (χ2v) is 5.77. The lowest BCUT2D eigenvalue weighted by atomic mass is 10.2. The minimum absolute atomic E-state index is 0. The summed E-state index contributed by atoms with van der Waals surface area (Å²) in [5.74, 6) is 0. The van der Waals surface area contributed by atoms with E-state index in [0.29, 0.717) is 0 Å². The highest BCUT2D eigenvalue weighted by Gasteiger charge is 2.35. The van der Waals surface area contributed by atoms with E-state index in [1.807, 2.05) is 0 Å². The monoisotopic (exact) mass is 310 g/mol. The molecule has 2 heterocycles. The molecule has 2 fully saturated rings. The van der Waals surface area contributed by atoms with Crippen molar-refractivity contribution in [3.8, 4) is 0 Å². The molecular formula is C15H23BrN2. The molecule has 2 aliphatic rings. The molecule has 0 N–H and O–H groups in total. The first-order valence-corrected chi connectivity index (χ1v) is 6.94. The fourth-order valence-electron chi connectivity index (χ4n) is 3.36. The van der Waals surface area contributed by atoms with Crippen LogP contribution in [0.1, 0.15) is 18.4 Å². The Morgan fingerprint density at radius 2 is 1.44 bits per heavy atom. The molecule has 0 bridgehead atoms. The molecular weight excluding hydrogens is 288 g/mol. The van der Waals surface area contributed by atoms with E-state index < -0.39 is 0 Å². The maximum atomic E-state index is 2.56. The molecule has 1 spiro atoms. The van der Waals surface area contributed by atoms with E-state index in [1.165, 1.54) is 67.8 Å². The Kier molecular flexibility index (Phi) is 4.33. The first-order valence-electron chi connectivity index (χ1n) is 6.94. The number of aryl methyl sites for hydroxylation is 1. The molecule has 2 aliphatic heterocycles. The largest absolute Gasteiger partial charge is 1.00 e. The van der Waals surface area contributed by atoms with Crippen molar-refractivity contribution in [2.45, 2.75) is 19.8 Å². The zero-order valence-corrected chi connectivity index (χ0v) is 12.8. The molecule has 1 aromatic rings. The number of nitrogens with zero attached hydrogens (tertiary/aromatic N) is 2. The van der Waals surface area contributed by atoms with Gasteiger partial charge in [-0.3, -0.25) is 0 Å². The number of rotatable bonds is 1. The standard InChI is InChI=1S/C15H23N2.BrH/c1-14-4-6-15(7-5-14)16-8-12-17(13-9-16)10-2-3-11-17;/h4-7H,2-3,8-13H2,1H3;1H/q+1;/p-1. The number of quaternary nitrogens is 1. The Balaban J connectivity index is 0.00000120. The Morgan fingerprint density at radius 1 is 0.889 bits per heavy atom. The summed E-state index contributed by atoms with van der Waals surface area (Å²) in [5, 5.41) is 0. The molecule has 0 atom stereocenters. The molecule has 0 saturated carbocycles. The fraction of sp³-hybridized carbons (Fsp3) is 0.600. The average Bonchev–Trinajstić information content (AvgIpc) is 2.80. The Bertz CT molecular complexity index is 372. The molecule has 3 heteroatoms. The summed E-state index contributed by atoms with van der Waals surface area (Å²) < 4.78 is 1.41. The topological polar surface area (TPSA) is 3.24 Å². The lowest BCUT2D eigenvalue weighted by molar-refractivity contribution is -0.917. The number of hydrogen-bond acceptors (Lipinski definition) is 1. The van der Waals surface area contributed by atoms with Gasteiger partial charge in [0.25, 0.3) is 0 Å². The molecule has 2 nitrogen and oxygen atoms in total. The lowest BCUT2D eigenvalue weighted by Gasteiger charge is -2.42. The van der Waals surface area contributed by atoms with Crippen LogP contribution in [0, 0.1) is 6.92 Å². The van der Waals surface area contributed by atoms with E-state index in [1.54, 1.807) is 0 Å². The first-order chi connectivity index (χ1) is 8.27. The van der Waals surface area contributed by atoms with Crippen LogP contribution >= 0.6 is 0 Å². The Labute approximate surface area is 121 Å². The summed E-state index contributed by atoms with van der Waals surface area (Å²) in [7, 11) is 0. The predicted molar refractivity (Wildman–Crippen MR) is 72.4 cm³/mol. The molecule has 0 amide bonds. The summed E-state index contributed by atoms with van der Waals surface area (Å²) in [6, 6.07) is 9.00. The van der Waals surface area contributed by atoms with Gasteiger partial charge in [-0.2, -0.15) is 0 Å². The number of halogens is 1. The Hall–Kier alpha value is -0.540. The summed E-state index contributed by atoms with van der Waals surface area (Å²) in [6.45, 7) is 10.2. The second-order valence-electron chi connectivity index (χ2n) is 5.77. The van der Waals surface area contributed by atoms with Crippen molar-refractivity contribution in [3.05, 3.63) is 29.8 Å². The van der Waals surface area contributed by atoms with E-state index >= 15 is 0 Å². The highest BCUT2D eigenvalue weighted by Crippen LogP contribution is 2.25. The zero-order valence-electron chi connectivity index (χ0n) is 11.2. The van der Waals surface area contributed by atoms with Crippen LogP contribution in [-0.2, 0) is 0 Å². The van der Waals surface area contributed by atoms with Crippen LogP contribution in [0.2, 0.25) is 0 Å². The molecule has 2 saturated heterocycles. The summed E-state index contributed by atoms with van der Waals surface area (Å²) in [6.07, 6.45) is 2.90. The molecule has 0 unspecified atom stereocenters. The lowest BCUT2D eigenvalue weighted by Crippen LogP contribution is -3.00. The first kappa shape index (κ1) is 13.9. The third kappa shape index (κ3) is 2.72. The van der Waals surface area contributed by atoms with E-state index in [2.05, 4.69) is 36.1 Å². The van der Waals surface area contributed by atoms with E-state index in [4.69, 9.17) is 0 Å². The SMILES string of the molecule is Cc1ccc(N2CC[N+]3(CCCC3)CC2)cc1.[Br-]. The van der Waals surface area contributed by atoms with Gasteiger partial charge >= 0.3 is 0 Å². The maximum Gasteiger partial charge on any atom is 0.0965 e. The van der Waals surface area contributed by atoms with Crippen LogP contribution < -0.4 is 21.9 Å². The van der Waals surface area contributed by atoms with Crippen LogP contribution in [0.15, 0.2) is 24.3 Å². The van der Waals surface area contributed by atoms with Crippen molar-refractivity contribution >= 4 is 5.69 Å². The third-order valence-corrected chi connectivity index (χ3v) is 4.60. The van der Waals surface area contributed by atoms with Crippen molar-refractivity contribution in [1.29, 1.82) is 0 Å². The highest BCUT2D eigenvalue weighted by atomic mass is 79.9. The molecule has 3 rings (SSSR count). The fourth-order valence-corrected chi connectivity index (χ4v) is 3.36. The number of benzene rings is 1. The van der Waals surface area contributed by atoms with E-state index in [9.17, 15) is 0 Å². The van der Waals surface area contributed by atoms with Gasteiger partial charge in [-0.05, 0) is 19.1 Å². The van der Waals surface area contributed by atoms with Gasteiger partial charge in [-0.1, -0.05) is 17.7 Å². The van der Waals surface area contributed by atoms with Gasteiger partial charge in [0.05, 0.1) is 39.3 Å². The minimum Gasteiger partial charge on any atom is -1.00 e. The van der Waals surface area contributed by atoms with Gasteiger partial charge in [0.1, 0.15) is 0 Å². The third-order valence-electron chi connectivity index (χ3n) is 4.60. The van der Waals surface area contributed by atoms with Gasteiger partial charge in [0, 0.05) is 18.5 Å². The number of hydrogen-bond donors (Lipinski definition) is 0. The molecule has 0 aromatic heterocycles. The molecule has 18 heavy (non-hydrogen) atoms.